The maximum atomic E-state index is 4.63. The Kier molecular flexibility index (Phi) is 6.21. The minimum Gasteiger partial charge on any atom is -0.318 e. The molecule has 0 spiro atoms. The van der Waals surface area contributed by atoms with Crippen molar-refractivity contribution in [2.75, 3.05) is 11.4 Å². The first-order chi connectivity index (χ1) is 10.2. The van der Waals surface area contributed by atoms with Crippen LogP contribution >= 0.6 is 11.3 Å². The van der Waals surface area contributed by atoms with Crippen molar-refractivity contribution in [3.63, 3.8) is 0 Å². The zero-order chi connectivity index (χ0) is 15.1. The summed E-state index contributed by atoms with van der Waals surface area (Å²) >= 11 is 1.78. The van der Waals surface area contributed by atoms with E-state index < -0.39 is 0 Å². The molecule has 4 heteroatoms. The summed E-state index contributed by atoms with van der Waals surface area (Å²) in [5, 5.41) is 4.54. The lowest BCUT2D eigenvalue weighted by atomic mass is 10.2. The molecule has 2 rings (SSSR count). The number of rotatable bonds is 8. The molecule has 3 nitrogen and oxygen atoms in total. The molecule has 114 valence electrons. The quantitative estimate of drug-likeness (QED) is 0.773. The minimum atomic E-state index is 0.501. The van der Waals surface area contributed by atoms with Crippen LogP contribution in [0.5, 0.6) is 0 Å². The number of nitrogens with zero attached hydrogens (tertiary/aromatic N) is 2. The second-order valence-electron chi connectivity index (χ2n) is 5.49. The molecule has 0 aliphatic carbocycles. The number of unbranched alkanes of at least 4 members (excludes halogenated alkanes) is 1. The molecule has 1 heterocycles. The Morgan fingerprint density at radius 2 is 2.00 bits per heavy atom. The van der Waals surface area contributed by atoms with Crippen molar-refractivity contribution < 1.29 is 0 Å². The van der Waals surface area contributed by atoms with Crippen LogP contribution in [-0.4, -0.2) is 17.6 Å². The van der Waals surface area contributed by atoms with Gasteiger partial charge in [-0.1, -0.05) is 45.4 Å². The van der Waals surface area contributed by atoms with Gasteiger partial charge in [0.1, 0.15) is 0 Å². The molecule has 0 radical (unpaired) electrons. The number of anilines is 2. The van der Waals surface area contributed by atoms with Crippen LogP contribution in [0.4, 0.5) is 10.8 Å². The summed E-state index contributed by atoms with van der Waals surface area (Å²) in [7, 11) is 0. The van der Waals surface area contributed by atoms with Gasteiger partial charge in [0.2, 0.25) is 0 Å². The summed E-state index contributed by atoms with van der Waals surface area (Å²) in [4.78, 5) is 8.24. The Bertz CT molecular complexity index is 522. The highest BCUT2D eigenvalue weighted by atomic mass is 32.1. The molecule has 1 aromatic carbocycles. The number of benzene rings is 1. The third kappa shape index (κ3) is 4.83. The summed E-state index contributed by atoms with van der Waals surface area (Å²) in [6, 6.07) is 11.0. The lowest BCUT2D eigenvalue weighted by molar-refractivity contribution is 0.593. The molecular weight excluding hydrogens is 278 g/mol. The number of aromatic nitrogens is 1. The Hall–Kier alpha value is -1.39. The first-order valence-electron chi connectivity index (χ1n) is 7.71. The predicted octanol–water partition coefficient (Wildman–Crippen LogP) is 4.58. The molecule has 0 unspecified atom stereocenters. The van der Waals surface area contributed by atoms with Crippen LogP contribution in [0.15, 0.2) is 36.5 Å². The van der Waals surface area contributed by atoms with Crippen molar-refractivity contribution >= 4 is 22.2 Å². The summed E-state index contributed by atoms with van der Waals surface area (Å²) < 4.78 is 0. The molecule has 0 fully saturated rings. The molecule has 21 heavy (non-hydrogen) atoms. The molecule has 2 aromatic rings. The van der Waals surface area contributed by atoms with Crippen LogP contribution in [0.2, 0.25) is 0 Å². The molecule has 0 saturated carbocycles. The minimum absolute atomic E-state index is 0.501. The normalized spacial score (nSPS) is 11.0. The molecule has 0 aliphatic rings. The highest BCUT2D eigenvalue weighted by molar-refractivity contribution is 7.15. The zero-order valence-electron chi connectivity index (χ0n) is 13.2. The predicted molar refractivity (Wildman–Crippen MR) is 92.4 cm³/mol. The smallest absolute Gasteiger partial charge is 0.190 e. The van der Waals surface area contributed by atoms with E-state index in [2.05, 4.69) is 66.3 Å². The molecule has 0 atom stereocenters. The maximum absolute atomic E-state index is 4.63. The number of thiazole rings is 1. The molecule has 1 N–H and O–H groups in total. The number of hydrogen-bond donors (Lipinski definition) is 1. The first kappa shape index (κ1) is 16.0. The van der Waals surface area contributed by atoms with Gasteiger partial charge in [-0.2, -0.15) is 0 Å². The molecule has 0 saturated heterocycles. The molecule has 0 aliphatic heterocycles. The highest BCUT2D eigenvalue weighted by Gasteiger charge is 2.13. The van der Waals surface area contributed by atoms with Gasteiger partial charge in [-0.15, -0.1) is 11.3 Å². The second-order valence-corrected chi connectivity index (χ2v) is 6.58. The van der Waals surface area contributed by atoms with Gasteiger partial charge >= 0.3 is 0 Å². The molecular formula is C17H25N3S. The Labute approximate surface area is 132 Å². The molecule has 0 amide bonds. The lowest BCUT2D eigenvalue weighted by Crippen LogP contribution is -2.21. The Morgan fingerprint density at radius 3 is 2.67 bits per heavy atom. The van der Waals surface area contributed by atoms with E-state index in [9.17, 15) is 0 Å². The fraction of sp³-hybridized carbons (Fsp3) is 0.471. The second kappa shape index (κ2) is 8.15. The van der Waals surface area contributed by atoms with Crippen LogP contribution in [0.3, 0.4) is 0 Å². The number of para-hydroxylation sites is 1. The van der Waals surface area contributed by atoms with E-state index in [4.69, 9.17) is 0 Å². The largest absolute Gasteiger partial charge is 0.318 e. The van der Waals surface area contributed by atoms with Crippen LogP contribution in [0.1, 0.15) is 38.5 Å². The summed E-state index contributed by atoms with van der Waals surface area (Å²) in [6.07, 6.45) is 4.36. The summed E-state index contributed by atoms with van der Waals surface area (Å²) in [5.74, 6) is 0. The summed E-state index contributed by atoms with van der Waals surface area (Å²) in [5.41, 5.74) is 1.23. The number of hydrogen-bond acceptors (Lipinski definition) is 4. The van der Waals surface area contributed by atoms with Gasteiger partial charge in [0.25, 0.3) is 0 Å². The molecule has 1 aromatic heterocycles. The summed E-state index contributed by atoms with van der Waals surface area (Å²) in [6.45, 7) is 8.47. The van der Waals surface area contributed by atoms with Crippen molar-refractivity contribution in [2.24, 2.45) is 0 Å². The average Bonchev–Trinajstić information content (AvgIpc) is 2.95. The van der Waals surface area contributed by atoms with E-state index in [1.54, 1.807) is 11.3 Å². The van der Waals surface area contributed by atoms with Crippen molar-refractivity contribution in [3.8, 4) is 0 Å². The monoisotopic (exact) mass is 303 g/mol. The van der Waals surface area contributed by atoms with E-state index in [1.807, 2.05) is 6.20 Å². The molecule has 0 bridgehead atoms. The van der Waals surface area contributed by atoms with Gasteiger partial charge < -0.3 is 10.2 Å². The Balaban J connectivity index is 2.13. The number of nitrogens with one attached hydrogen (secondary N) is 1. The van der Waals surface area contributed by atoms with Gasteiger partial charge in [-0.3, -0.25) is 0 Å². The van der Waals surface area contributed by atoms with Crippen molar-refractivity contribution in [1.29, 1.82) is 0 Å². The zero-order valence-corrected chi connectivity index (χ0v) is 14.0. The fourth-order valence-electron chi connectivity index (χ4n) is 2.07. The maximum Gasteiger partial charge on any atom is 0.190 e. The fourth-order valence-corrected chi connectivity index (χ4v) is 2.98. The van der Waals surface area contributed by atoms with Crippen molar-refractivity contribution in [3.05, 3.63) is 41.4 Å². The SMILES string of the molecule is CCCCN(c1ccccc1)c1ncc(CNC(C)C)s1. The Morgan fingerprint density at radius 1 is 1.24 bits per heavy atom. The van der Waals surface area contributed by atoms with E-state index in [1.165, 1.54) is 23.4 Å². The average molecular weight is 303 g/mol. The van der Waals surface area contributed by atoms with E-state index in [-0.39, 0.29) is 0 Å². The van der Waals surface area contributed by atoms with Gasteiger partial charge in [0.05, 0.1) is 0 Å². The van der Waals surface area contributed by atoms with Gasteiger partial charge in [0, 0.05) is 35.9 Å². The standard InChI is InChI=1S/C17H25N3S/c1-4-5-11-20(15-9-7-6-8-10-15)17-19-13-16(21-17)12-18-14(2)3/h6-10,13-14,18H,4-5,11-12H2,1-3H3. The van der Waals surface area contributed by atoms with E-state index >= 15 is 0 Å². The van der Waals surface area contributed by atoms with Crippen LogP contribution in [-0.2, 0) is 6.54 Å². The van der Waals surface area contributed by atoms with E-state index in [0.717, 1.165) is 18.2 Å². The van der Waals surface area contributed by atoms with Gasteiger partial charge in [-0.25, -0.2) is 4.98 Å². The van der Waals surface area contributed by atoms with Gasteiger partial charge in [-0.05, 0) is 18.6 Å². The van der Waals surface area contributed by atoms with Crippen LogP contribution in [0, 0.1) is 0 Å². The van der Waals surface area contributed by atoms with Crippen molar-refractivity contribution in [1.82, 2.24) is 10.3 Å². The third-order valence-electron chi connectivity index (χ3n) is 3.26. The lowest BCUT2D eigenvalue weighted by Gasteiger charge is -2.21. The first-order valence-corrected chi connectivity index (χ1v) is 8.53. The van der Waals surface area contributed by atoms with Crippen LogP contribution in [0.25, 0.3) is 0 Å². The van der Waals surface area contributed by atoms with E-state index in [0.29, 0.717) is 6.04 Å². The highest BCUT2D eigenvalue weighted by Crippen LogP contribution is 2.29. The van der Waals surface area contributed by atoms with Crippen LogP contribution < -0.4 is 10.2 Å². The third-order valence-corrected chi connectivity index (χ3v) is 4.28. The van der Waals surface area contributed by atoms with Gasteiger partial charge in [0.15, 0.2) is 5.13 Å². The topological polar surface area (TPSA) is 28.2 Å². The van der Waals surface area contributed by atoms with Crippen molar-refractivity contribution in [2.45, 2.75) is 46.2 Å².